The number of aliphatic hydroxyl groups excluding tert-OH is 1. The van der Waals surface area contributed by atoms with Crippen molar-refractivity contribution in [3.8, 4) is 0 Å². The summed E-state index contributed by atoms with van der Waals surface area (Å²) >= 11 is 3.42. The van der Waals surface area contributed by atoms with E-state index in [-0.39, 0.29) is 0 Å². The van der Waals surface area contributed by atoms with Gasteiger partial charge in [-0.3, -0.25) is 4.68 Å². The van der Waals surface area contributed by atoms with Crippen molar-refractivity contribution in [2.75, 3.05) is 0 Å². The summed E-state index contributed by atoms with van der Waals surface area (Å²) in [4.78, 5) is 0. The number of para-hydroxylation sites is 1. The molecule has 0 bridgehead atoms. The van der Waals surface area contributed by atoms with Gasteiger partial charge in [-0.2, -0.15) is 5.10 Å². The first-order valence-electron chi connectivity index (χ1n) is 5.93. The first-order valence-corrected chi connectivity index (χ1v) is 6.72. The van der Waals surface area contributed by atoms with Gasteiger partial charge in [0, 0.05) is 18.0 Å². The lowest BCUT2D eigenvalue weighted by molar-refractivity contribution is 0.208. The summed E-state index contributed by atoms with van der Waals surface area (Å²) in [6.45, 7) is 1.86. The molecule has 1 atom stereocenters. The predicted molar refractivity (Wildman–Crippen MR) is 75.9 cm³/mol. The zero-order chi connectivity index (χ0) is 13.6. The molecule has 0 fully saturated rings. The van der Waals surface area contributed by atoms with E-state index in [0.29, 0.717) is 0 Å². The number of furan rings is 1. The SMILES string of the molecule is Cc1oc2ccccc2c1C(O)c1c(Br)cnn1C. The molecule has 0 amide bonds. The van der Waals surface area contributed by atoms with Crippen LogP contribution < -0.4 is 0 Å². The van der Waals surface area contributed by atoms with Crippen molar-refractivity contribution in [3.63, 3.8) is 0 Å². The van der Waals surface area contributed by atoms with Crippen LogP contribution in [0.15, 0.2) is 39.4 Å². The number of rotatable bonds is 2. The summed E-state index contributed by atoms with van der Waals surface area (Å²) in [7, 11) is 1.81. The second-order valence-corrected chi connectivity index (χ2v) is 5.33. The molecule has 4 nitrogen and oxygen atoms in total. The fraction of sp³-hybridized carbons (Fsp3) is 0.214. The number of hydrogen-bond donors (Lipinski definition) is 1. The lowest BCUT2D eigenvalue weighted by Crippen LogP contribution is -2.07. The van der Waals surface area contributed by atoms with Crippen LogP contribution in [0.2, 0.25) is 0 Å². The van der Waals surface area contributed by atoms with Crippen molar-refractivity contribution in [3.05, 3.63) is 52.0 Å². The maximum Gasteiger partial charge on any atom is 0.134 e. The largest absolute Gasteiger partial charge is 0.461 e. The third-order valence-corrected chi connectivity index (χ3v) is 3.90. The van der Waals surface area contributed by atoms with Crippen molar-refractivity contribution in [2.45, 2.75) is 13.0 Å². The molecule has 19 heavy (non-hydrogen) atoms. The number of fused-ring (bicyclic) bond motifs is 1. The molecule has 5 heteroatoms. The standard InChI is InChI=1S/C14H13BrN2O2/c1-8-12(9-5-3-4-6-11(9)19-8)14(18)13-10(15)7-16-17(13)2/h3-7,14,18H,1-2H3. The van der Waals surface area contributed by atoms with Gasteiger partial charge in [0.2, 0.25) is 0 Å². The lowest BCUT2D eigenvalue weighted by Gasteiger charge is -2.12. The average Bonchev–Trinajstić information content (AvgIpc) is 2.88. The fourth-order valence-electron chi connectivity index (χ4n) is 2.39. The first kappa shape index (κ1) is 12.4. The minimum absolute atomic E-state index is 0.717. The molecule has 1 aromatic carbocycles. The van der Waals surface area contributed by atoms with E-state index in [1.807, 2.05) is 31.2 Å². The third kappa shape index (κ3) is 1.89. The number of benzene rings is 1. The van der Waals surface area contributed by atoms with E-state index in [1.165, 1.54) is 0 Å². The van der Waals surface area contributed by atoms with E-state index in [0.717, 1.165) is 32.5 Å². The first-order chi connectivity index (χ1) is 9.09. The summed E-state index contributed by atoms with van der Waals surface area (Å²) in [5, 5.41) is 15.7. The third-order valence-electron chi connectivity index (χ3n) is 3.29. The average molecular weight is 321 g/mol. The number of aliphatic hydroxyl groups is 1. The molecule has 1 N–H and O–H groups in total. The highest BCUT2D eigenvalue weighted by atomic mass is 79.9. The van der Waals surface area contributed by atoms with Gasteiger partial charge in [-0.15, -0.1) is 0 Å². The van der Waals surface area contributed by atoms with Crippen LogP contribution in [0.1, 0.15) is 23.1 Å². The Hall–Kier alpha value is -1.59. The molecular weight excluding hydrogens is 308 g/mol. The van der Waals surface area contributed by atoms with Gasteiger partial charge >= 0.3 is 0 Å². The number of halogens is 1. The Balaban J connectivity index is 2.22. The van der Waals surface area contributed by atoms with Crippen LogP contribution in [0.25, 0.3) is 11.0 Å². The highest BCUT2D eigenvalue weighted by molar-refractivity contribution is 9.10. The molecule has 0 saturated carbocycles. The van der Waals surface area contributed by atoms with Crippen LogP contribution >= 0.6 is 15.9 Å². The zero-order valence-electron chi connectivity index (χ0n) is 10.6. The van der Waals surface area contributed by atoms with Crippen LogP contribution in [0.3, 0.4) is 0 Å². The monoisotopic (exact) mass is 320 g/mol. The van der Waals surface area contributed by atoms with Crippen molar-refractivity contribution < 1.29 is 9.52 Å². The molecule has 1 unspecified atom stereocenters. The Morgan fingerprint density at radius 2 is 2.11 bits per heavy atom. The van der Waals surface area contributed by atoms with Crippen molar-refractivity contribution in [1.29, 1.82) is 0 Å². The minimum atomic E-state index is -0.773. The van der Waals surface area contributed by atoms with Gasteiger partial charge in [-0.25, -0.2) is 0 Å². The molecule has 0 aliphatic heterocycles. The van der Waals surface area contributed by atoms with Gasteiger partial charge in [-0.05, 0) is 28.9 Å². The topological polar surface area (TPSA) is 51.2 Å². The number of hydrogen-bond acceptors (Lipinski definition) is 3. The number of nitrogens with zero attached hydrogens (tertiary/aromatic N) is 2. The van der Waals surface area contributed by atoms with Crippen LogP contribution in [0.4, 0.5) is 0 Å². The number of aryl methyl sites for hydroxylation is 2. The summed E-state index contributed by atoms with van der Waals surface area (Å²) in [5.74, 6) is 0.724. The summed E-state index contributed by atoms with van der Waals surface area (Å²) in [6, 6.07) is 7.71. The lowest BCUT2D eigenvalue weighted by atomic mass is 10.0. The maximum absolute atomic E-state index is 10.7. The predicted octanol–water partition coefficient (Wildman–Crippen LogP) is 3.32. The van der Waals surface area contributed by atoms with E-state index in [2.05, 4.69) is 21.0 Å². The summed E-state index contributed by atoms with van der Waals surface area (Å²) < 4.78 is 8.14. The van der Waals surface area contributed by atoms with Gasteiger partial charge in [0.25, 0.3) is 0 Å². The van der Waals surface area contributed by atoms with E-state index >= 15 is 0 Å². The molecule has 2 heterocycles. The molecular formula is C14H13BrN2O2. The molecule has 0 aliphatic carbocycles. The molecule has 0 aliphatic rings. The fourth-order valence-corrected chi connectivity index (χ4v) is 2.96. The van der Waals surface area contributed by atoms with Gasteiger partial charge in [0.15, 0.2) is 0 Å². The van der Waals surface area contributed by atoms with Crippen LogP contribution in [-0.4, -0.2) is 14.9 Å². The highest BCUT2D eigenvalue weighted by Gasteiger charge is 2.24. The highest BCUT2D eigenvalue weighted by Crippen LogP contribution is 2.36. The van der Waals surface area contributed by atoms with Gasteiger partial charge in [-0.1, -0.05) is 18.2 Å². The van der Waals surface area contributed by atoms with Crippen molar-refractivity contribution >= 4 is 26.9 Å². The Labute approximate surface area is 118 Å². The molecule has 0 spiro atoms. The Kier molecular flexibility index (Phi) is 2.95. The van der Waals surface area contributed by atoms with E-state index in [9.17, 15) is 5.11 Å². The number of aromatic nitrogens is 2. The van der Waals surface area contributed by atoms with Crippen molar-refractivity contribution in [1.82, 2.24) is 9.78 Å². The molecule has 0 saturated heterocycles. The van der Waals surface area contributed by atoms with Gasteiger partial charge in [0.05, 0.1) is 16.4 Å². The Morgan fingerprint density at radius 1 is 1.37 bits per heavy atom. The van der Waals surface area contributed by atoms with Crippen LogP contribution in [0, 0.1) is 6.92 Å². The second-order valence-electron chi connectivity index (χ2n) is 4.47. The minimum Gasteiger partial charge on any atom is -0.461 e. The summed E-state index contributed by atoms with van der Waals surface area (Å²) in [5.41, 5.74) is 2.29. The zero-order valence-corrected chi connectivity index (χ0v) is 12.2. The van der Waals surface area contributed by atoms with E-state index in [4.69, 9.17) is 4.42 Å². The normalized spacial score (nSPS) is 13.1. The molecule has 98 valence electrons. The van der Waals surface area contributed by atoms with Crippen LogP contribution in [0.5, 0.6) is 0 Å². The molecule has 3 aromatic rings. The van der Waals surface area contributed by atoms with E-state index < -0.39 is 6.10 Å². The molecule has 2 aromatic heterocycles. The maximum atomic E-state index is 10.7. The van der Waals surface area contributed by atoms with Crippen molar-refractivity contribution in [2.24, 2.45) is 7.05 Å². The smallest absolute Gasteiger partial charge is 0.134 e. The van der Waals surface area contributed by atoms with E-state index in [1.54, 1.807) is 17.9 Å². The van der Waals surface area contributed by atoms with Gasteiger partial charge in [0.1, 0.15) is 17.4 Å². The van der Waals surface area contributed by atoms with Gasteiger partial charge < -0.3 is 9.52 Å². The van der Waals surface area contributed by atoms with Crippen LogP contribution in [-0.2, 0) is 7.05 Å². The Morgan fingerprint density at radius 3 is 2.79 bits per heavy atom. The second kappa shape index (κ2) is 4.51. The summed E-state index contributed by atoms with van der Waals surface area (Å²) in [6.07, 6.45) is 0.904. The Bertz CT molecular complexity index is 726. The molecule has 3 rings (SSSR count). The quantitative estimate of drug-likeness (QED) is 0.788. The molecule has 0 radical (unpaired) electrons.